The van der Waals surface area contributed by atoms with Gasteiger partial charge in [0.05, 0.1) is 13.2 Å². The van der Waals surface area contributed by atoms with Gasteiger partial charge in [-0.3, -0.25) is 4.90 Å². The first-order valence-electron chi connectivity index (χ1n) is 8.08. The number of ether oxygens (including phenoxy) is 3. The molecule has 0 aromatic rings. The Bertz CT molecular complexity index is 403. The van der Waals surface area contributed by atoms with Crippen molar-refractivity contribution in [1.82, 2.24) is 4.90 Å². The molecule has 0 N–H and O–H groups in total. The van der Waals surface area contributed by atoms with Crippen molar-refractivity contribution in [2.45, 2.75) is 44.8 Å². The van der Waals surface area contributed by atoms with Gasteiger partial charge in [0.1, 0.15) is 12.2 Å². The van der Waals surface area contributed by atoms with E-state index in [1.54, 1.807) is 0 Å². The molecule has 22 heavy (non-hydrogen) atoms. The first-order valence-corrected chi connectivity index (χ1v) is 8.08. The molecule has 124 valence electrons. The Morgan fingerprint density at radius 3 is 2.23 bits per heavy atom. The summed E-state index contributed by atoms with van der Waals surface area (Å²) in [6, 6.07) is 0. The van der Waals surface area contributed by atoms with Gasteiger partial charge in [-0.1, -0.05) is 13.3 Å². The van der Waals surface area contributed by atoms with Gasteiger partial charge >= 0.3 is 11.9 Å². The Kier molecular flexibility index (Phi) is 6.86. The van der Waals surface area contributed by atoms with Gasteiger partial charge < -0.3 is 14.2 Å². The molecule has 0 saturated carbocycles. The quantitative estimate of drug-likeness (QED) is 0.689. The molecule has 2 atom stereocenters. The number of carbonyl (C=O) groups excluding carboxylic acids is 2. The molecule has 0 aromatic carbocycles. The Balaban J connectivity index is 1.87. The van der Waals surface area contributed by atoms with Crippen LogP contribution in [0.25, 0.3) is 0 Å². The fourth-order valence-electron chi connectivity index (χ4n) is 2.78. The Morgan fingerprint density at radius 1 is 1.05 bits per heavy atom. The van der Waals surface area contributed by atoms with Crippen LogP contribution in [-0.4, -0.2) is 61.9 Å². The average molecular weight is 311 g/mol. The summed E-state index contributed by atoms with van der Waals surface area (Å²) in [7, 11) is 0. The highest BCUT2D eigenvalue weighted by atomic mass is 16.6. The lowest BCUT2D eigenvalue weighted by Gasteiger charge is -2.29. The molecule has 0 radical (unpaired) electrons. The third-order valence-corrected chi connectivity index (χ3v) is 3.95. The summed E-state index contributed by atoms with van der Waals surface area (Å²) in [5.74, 6) is -0.928. The molecular weight excluding hydrogens is 286 g/mol. The molecule has 0 aliphatic carbocycles. The molecule has 2 aliphatic heterocycles. The number of nitrogens with zero attached hydrogens (tertiary/aromatic N) is 1. The van der Waals surface area contributed by atoms with Crippen LogP contribution < -0.4 is 0 Å². The smallest absolute Gasteiger partial charge is 0.331 e. The van der Waals surface area contributed by atoms with Crippen molar-refractivity contribution >= 4 is 11.9 Å². The van der Waals surface area contributed by atoms with Crippen molar-refractivity contribution in [2.75, 3.05) is 32.8 Å². The van der Waals surface area contributed by atoms with Gasteiger partial charge in [-0.05, 0) is 25.8 Å². The first-order chi connectivity index (χ1) is 10.7. The zero-order valence-corrected chi connectivity index (χ0v) is 13.2. The average Bonchev–Trinajstić information content (AvgIpc) is 2.51. The third kappa shape index (κ3) is 5.42. The summed E-state index contributed by atoms with van der Waals surface area (Å²) in [6.07, 6.45) is 4.75. The molecule has 0 amide bonds. The summed E-state index contributed by atoms with van der Waals surface area (Å²) in [4.78, 5) is 25.6. The highest BCUT2D eigenvalue weighted by molar-refractivity contribution is 5.92. The second-order valence-corrected chi connectivity index (χ2v) is 5.67. The van der Waals surface area contributed by atoms with Crippen molar-refractivity contribution in [1.29, 1.82) is 0 Å². The SMILES string of the molecule is CCCC1OC(=O)/C=C/C(=O)OC1CCCN1CCOCC1. The zero-order chi connectivity index (χ0) is 15.8. The van der Waals surface area contributed by atoms with E-state index in [1.807, 2.05) is 6.92 Å². The lowest BCUT2D eigenvalue weighted by molar-refractivity contribution is -0.165. The molecule has 6 nitrogen and oxygen atoms in total. The zero-order valence-electron chi connectivity index (χ0n) is 13.2. The van der Waals surface area contributed by atoms with E-state index < -0.39 is 11.9 Å². The van der Waals surface area contributed by atoms with Crippen LogP contribution in [0.3, 0.4) is 0 Å². The predicted molar refractivity (Wildman–Crippen MR) is 80.3 cm³/mol. The number of hydrogen-bond acceptors (Lipinski definition) is 6. The highest BCUT2D eigenvalue weighted by Crippen LogP contribution is 2.19. The number of esters is 2. The Morgan fingerprint density at radius 2 is 1.64 bits per heavy atom. The Labute approximate surface area is 131 Å². The van der Waals surface area contributed by atoms with E-state index in [0.717, 1.165) is 57.8 Å². The Hall–Kier alpha value is -1.40. The van der Waals surface area contributed by atoms with Crippen LogP contribution in [0.2, 0.25) is 0 Å². The van der Waals surface area contributed by atoms with Crippen molar-refractivity contribution in [2.24, 2.45) is 0 Å². The molecule has 0 aromatic heterocycles. The van der Waals surface area contributed by atoms with Crippen molar-refractivity contribution in [3.05, 3.63) is 12.2 Å². The maximum Gasteiger partial charge on any atom is 0.331 e. The van der Waals surface area contributed by atoms with Crippen molar-refractivity contribution in [3.63, 3.8) is 0 Å². The summed E-state index contributed by atoms with van der Waals surface area (Å²) >= 11 is 0. The fourth-order valence-corrected chi connectivity index (χ4v) is 2.78. The largest absolute Gasteiger partial charge is 0.455 e. The molecule has 6 heteroatoms. The van der Waals surface area contributed by atoms with E-state index in [1.165, 1.54) is 0 Å². The number of rotatable bonds is 6. The number of morpholine rings is 1. The number of cyclic esters (lactones) is 2. The molecular formula is C16H25NO5. The van der Waals surface area contributed by atoms with E-state index in [4.69, 9.17) is 14.2 Å². The molecule has 0 bridgehead atoms. The van der Waals surface area contributed by atoms with Gasteiger partial charge in [0, 0.05) is 25.2 Å². The van der Waals surface area contributed by atoms with Crippen LogP contribution in [0.4, 0.5) is 0 Å². The van der Waals surface area contributed by atoms with Crippen LogP contribution >= 0.6 is 0 Å². The van der Waals surface area contributed by atoms with Crippen molar-refractivity contribution < 1.29 is 23.8 Å². The van der Waals surface area contributed by atoms with Crippen LogP contribution in [0, 0.1) is 0 Å². The van der Waals surface area contributed by atoms with Gasteiger partial charge in [-0.25, -0.2) is 9.59 Å². The lowest BCUT2D eigenvalue weighted by Crippen LogP contribution is -2.39. The monoisotopic (exact) mass is 311 g/mol. The summed E-state index contributed by atoms with van der Waals surface area (Å²) < 4.78 is 16.2. The first kappa shape index (κ1) is 17.0. The predicted octanol–water partition coefficient (Wildman–Crippen LogP) is 1.29. The topological polar surface area (TPSA) is 65.1 Å². The second-order valence-electron chi connectivity index (χ2n) is 5.67. The van der Waals surface area contributed by atoms with E-state index >= 15 is 0 Å². The normalized spacial score (nSPS) is 28.4. The molecule has 2 unspecified atom stereocenters. The van der Waals surface area contributed by atoms with Crippen molar-refractivity contribution in [3.8, 4) is 0 Å². The van der Waals surface area contributed by atoms with Crippen LogP contribution in [0.5, 0.6) is 0 Å². The summed E-state index contributed by atoms with van der Waals surface area (Å²) in [5, 5.41) is 0. The molecule has 0 spiro atoms. The minimum Gasteiger partial charge on any atom is -0.455 e. The van der Waals surface area contributed by atoms with Crippen LogP contribution in [0.1, 0.15) is 32.6 Å². The molecule has 2 heterocycles. The van der Waals surface area contributed by atoms with Crippen LogP contribution in [-0.2, 0) is 23.8 Å². The van der Waals surface area contributed by atoms with Gasteiger partial charge in [-0.2, -0.15) is 0 Å². The summed E-state index contributed by atoms with van der Waals surface area (Å²) in [5.41, 5.74) is 0. The van der Waals surface area contributed by atoms with Gasteiger partial charge in [0.25, 0.3) is 0 Å². The maximum absolute atomic E-state index is 11.7. The second kappa shape index (κ2) is 8.90. The standard InChI is InChI=1S/C16H25NO5/c1-2-4-13-14(22-16(19)7-6-15(18)21-13)5-3-8-17-9-11-20-12-10-17/h6-7,13-14H,2-5,8-12H2,1H3/b7-6+. The number of hydrogen-bond donors (Lipinski definition) is 0. The van der Waals surface area contributed by atoms with Gasteiger partial charge in [-0.15, -0.1) is 0 Å². The van der Waals surface area contributed by atoms with E-state index in [0.29, 0.717) is 12.8 Å². The van der Waals surface area contributed by atoms with Gasteiger partial charge in [0.2, 0.25) is 0 Å². The minimum absolute atomic E-state index is 0.351. The molecule has 1 fully saturated rings. The maximum atomic E-state index is 11.7. The molecule has 2 rings (SSSR count). The fraction of sp³-hybridized carbons (Fsp3) is 0.750. The summed E-state index contributed by atoms with van der Waals surface area (Å²) in [6.45, 7) is 6.41. The van der Waals surface area contributed by atoms with E-state index in [-0.39, 0.29) is 12.2 Å². The molecule has 2 aliphatic rings. The van der Waals surface area contributed by atoms with Crippen LogP contribution in [0.15, 0.2) is 12.2 Å². The third-order valence-electron chi connectivity index (χ3n) is 3.95. The number of carbonyl (C=O) groups is 2. The molecule has 1 saturated heterocycles. The van der Waals surface area contributed by atoms with Gasteiger partial charge in [0.15, 0.2) is 0 Å². The highest BCUT2D eigenvalue weighted by Gasteiger charge is 2.28. The van der Waals surface area contributed by atoms with E-state index in [9.17, 15) is 9.59 Å². The minimum atomic E-state index is -0.465. The lowest BCUT2D eigenvalue weighted by atomic mass is 10.0. The van der Waals surface area contributed by atoms with E-state index in [2.05, 4.69) is 4.90 Å².